The van der Waals surface area contributed by atoms with Crippen molar-refractivity contribution in [2.75, 3.05) is 23.4 Å². The van der Waals surface area contributed by atoms with Crippen LogP contribution in [0.25, 0.3) is 0 Å². The molecular formula is C12H17BrN2S. The van der Waals surface area contributed by atoms with Crippen LogP contribution in [-0.2, 0) is 0 Å². The van der Waals surface area contributed by atoms with E-state index in [1.807, 2.05) is 23.9 Å². The maximum atomic E-state index is 5.86. The summed E-state index contributed by atoms with van der Waals surface area (Å²) in [5.74, 6) is 3.22. The highest BCUT2D eigenvalue weighted by Gasteiger charge is 2.24. The van der Waals surface area contributed by atoms with Crippen molar-refractivity contribution in [2.24, 2.45) is 11.7 Å². The van der Waals surface area contributed by atoms with Gasteiger partial charge in [-0.25, -0.2) is 0 Å². The number of anilines is 1. The molecule has 2 rings (SSSR count). The zero-order valence-corrected chi connectivity index (χ0v) is 11.6. The summed E-state index contributed by atoms with van der Waals surface area (Å²) in [5, 5.41) is 3.55. The molecule has 0 aromatic heterocycles. The second-order valence-electron chi connectivity index (χ2n) is 4.09. The Kier molecular flexibility index (Phi) is 4.55. The molecule has 16 heavy (non-hydrogen) atoms. The fourth-order valence-electron chi connectivity index (χ4n) is 2.02. The number of benzene rings is 1. The highest BCUT2D eigenvalue weighted by molar-refractivity contribution is 9.10. The summed E-state index contributed by atoms with van der Waals surface area (Å²) >= 11 is 5.59. The van der Waals surface area contributed by atoms with E-state index in [1.165, 1.54) is 17.9 Å². The van der Waals surface area contributed by atoms with Crippen LogP contribution in [0.1, 0.15) is 6.42 Å². The summed E-state index contributed by atoms with van der Waals surface area (Å²) in [5.41, 5.74) is 7.01. The van der Waals surface area contributed by atoms with Crippen LogP contribution in [0.5, 0.6) is 0 Å². The summed E-state index contributed by atoms with van der Waals surface area (Å²) in [6.07, 6.45) is 1.28. The van der Waals surface area contributed by atoms with E-state index in [2.05, 4.69) is 33.4 Å². The molecule has 1 aromatic rings. The first kappa shape index (κ1) is 12.3. The predicted octanol–water partition coefficient (Wildman–Crippen LogP) is 2.94. The van der Waals surface area contributed by atoms with Gasteiger partial charge in [-0.05, 0) is 51.9 Å². The number of hydrogen-bond acceptors (Lipinski definition) is 3. The molecule has 1 fully saturated rings. The van der Waals surface area contributed by atoms with Crippen molar-refractivity contribution >= 4 is 33.4 Å². The molecule has 2 atom stereocenters. The molecule has 0 saturated carbocycles. The molecule has 88 valence electrons. The lowest BCUT2D eigenvalue weighted by Gasteiger charge is -2.24. The Morgan fingerprint density at radius 2 is 2.31 bits per heavy atom. The van der Waals surface area contributed by atoms with Crippen molar-refractivity contribution in [3.05, 3.63) is 28.7 Å². The van der Waals surface area contributed by atoms with Crippen LogP contribution in [0.15, 0.2) is 28.7 Å². The van der Waals surface area contributed by atoms with Crippen LogP contribution in [0.2, 0.25) is 0 Å². The van der Waals surface area contributed by atoms with Crippen LogP contribution >= 0.6 is 27.7 Å². The molecule has 1 aromatic carbocycles. The number of nitrogens with one attached hydrogen (secondary N) is 1. The topological polar surface area (TPSA) is 38.0 Å². The zero-order chi connectivity index (χ0) is 11.4. The van der Waals surface area contributed by atoms with Crippen molar-refractivity contribution in [3.63, 3.8) is 0 Å². The fourth-order valence-corrected chi connectivity index (χ4v) is 3.75. The van der Waals surface area contributed by atoms with Gasteiger partial charge in [0.1, 0.15) is 0 Å². The molecule has 1 saturated heterocycles. The molecule has 1 aliphatic rings. The lowest BCUT2D eigenvalue weighted by atomic mass is 9.99. The minimum Gasteiger partial charge on any atom is -0.380 e. The van der Waals surface area contributed by atoms with Crippen LogP contribution in [0, 0.1) is 5.92 Å². The molecule has 2 nitrogen and oxygen atoms in total. The van der Waals surface area contributed by atoms with Crippen molar-refractivity contribution in [2.45, 2.75) is 12.5 Å². The highest BCUT2D eigenvalue weighted by Crippen LogP contribution is 2.29. The molecule has 0 bridgehead atoms. The van der Waals surface area contributed by atoms with Gasteiger partial charge in [-0.2, -0.15) is 11.8 Å². The van der Waals surface area contributed by atoms with E-state index in [0.717, 1.165) is 10.2 Å². The van der Waals surface area contributed by atoms with Crippen molar-refractivity contribution in [3.8, 4) is 0 Å². The average Bonchev–Trinajstić information content (AvgIpc) is 2.81. The minimum absolute atomic E-state index is 0.397. The smallest absolute Gasteiger partial charge is 0.0487 e. The monoisotopic (exact) mass is 300 g/mol. The number of hydrogen-bond donors (Lipinski definition) is 2. The van der Waals surface area contributed by atoms with Crippen molar-refractivity contribution in [1.82, 2.24) is 0 Å². The van der Waals surface area contributed by atoms with Crippen molar-refractivity contribution in [1.29, 1.82) is 0 Å². The number of rotatable bonds is 4. The van der Waals surface area contributed by atoms with Gasteiger partial charge in [-0.1, -0.05) is 12.1 Å². The van der Waals surface area contributed by atoms with Gasteiger partial charge in [0.2, 0.25) is 0 Å². The molecule has 1 aliphatic heterocycles. The largest absolute Gasteiger partial charge is 0.380 e. The average molecular weight is 301 g/mol. The van der Waals surface area contributed by atoms with E-state index < -0.39 is 0 Å². The number of nitrogens with two attached hydrogens (primary N) is 1. The standard InChI is InChI=1S/C12H17BrN2S/c13-10-3-1-2-4-11(10)15-12(7-14)9-5-6-16-8-9/h1-4,9,12,15H,5-8,14H2. The van der Waals surface area contributed by atoms with E-state index >= 15 is 0 Å². The molecular weight excluding hydrogens is 284 g/mol. The molecule has 0 amide bonds. The quantitative estimate of drug-likeness (QED) is 0.898. The van der Waals surface area contributed by atoms with Crippen LogP contribution in [-0.4, -0.2) is 24.1 Å². The fraction of sp³-hybridized carbons (Fsp3) is 0.500. The first-order chi connectivity index (χ1) is 7.81. The molecule has 0 aliphatic carbocycles. The summed E-state index contributed by atoms with van der Waals surface area (Å²) in [6.45, 7) is 0.701. The third kappa shape index (κ3) is 2.93. The van der Waals surface area contributed by atoms with Gasteiger partial charge in [0.05, 0.1) is 0 Å². The SMILES string of the molecule is NCC(Nc1ccccc1Br)C1CCSC1. The van der Waals surface area contributed by atoms with E-state index in [9.17, 15) is 0 Å². The highest BCUT2D eigenvalue weighted by atomic mass is 79.9. The Bertz CT molecular complexity index is 340. The number of halogens is 1. The van der Waals surface area contributed by atoms with Gasteiger partial charge in [-0.15, -0.1) is 0 Å². The number of thioether (sulfide) groups is 1. The number of para-hydroxylation sites is 1. The molecule has 2 unspecified atom stereocenters. The zero-order valence-electron chi connectivity index (χ0n) is 9.16. The lowest BCUT2D eigenvalue weighted by Crippen LogP contribution is -2.36. The minimum atomic E-state index is 0.397. The third-order valence-corrected chi connectivity index (χ3v) is 4.88. The Morgan fingerprint density at radius 3 is 2.94 bits per heavy atom. The summed E-state index contributed by atoms with van der Waals surface area (Å²) in [7, 11) is 0. The van der Waals surface area contributed by atoms with Gasteiger partial charge in [0, 0.05) is 22.7 Å². The van der Waals surface area contributed by atoms with Gasteiger partial charge in [0.15, 0.2) is 0 Å². The van der Waals surface area contributed by atoms with Gasteiger partial charge >= 0.3 is 0 Å². The third-order valence-electron chi connectivity index (χ3n) is 3.00. The molecule has 4 heteroatoms. The molecule has 0 spiro atoms. The Morgan fingerprint density at radius 1 is 1.50 bits per heavy atom. The van der Waals surface area contributed by atoms with Gasteiger partial charge < -0.3 is 11.1 Å². The summed E-state index contributed by atoms with van der Waals surface area (Å²) < 4.78 is 1.11. The Balaban J connectivity index is 2.03. The second-order valence-corrected chi connectivity index (χ2v) is 6.09. The second kappa shape index (κ2) is 5.94. The Hall–Kier alpha value is -0.190. The van der Waals surface area contributed by atoms with E-state index in [0.29, 0.717) is 18.5 Å². The summed E-state index contributed by atoms with van der Waals surface area (Å²) in [6, 6.07) is 8.62. The van der Waals surface area contributed by atoms with E-state index in [4.69, 9.17) is 5.73 Å². The first-order valence-electron chi connectivity index (χ1n) is 5.60. The van der Waals surface area contributed by atoms with Crippen LogP contribution in [0.3, 0.4) is 0 Å². The summed E-state index contributed by atoms with van der Waals surface area (Å²) in [4.78, 5) is 0. The van der Waals surface area contributed by atoms with E-state index in [1.54, 1.807) is 0 Å². The molecule has 0 radical (unpaired) electrons. The first-order valence-corrected chi connectivity index (χ1v) is 7.55. The Labute approximate surface area is 109 Å². The predicted molar refractivity (Wildman–Crippen MR) is 76.0 cm³/mol. The van der Waals surface area contributed by atoms with Crippen LogP contribution in [0.4, 0.5) is 5.69 Å². The molecule has 3 N–H and O–H groups in total. The lowest BCUT2D eigenvalue weighted by molar-refractivity contribution is 0.499. The maximum absolute atomic E-state index is 5.86. The van der Waals surface area contributed by atoms with Crippen molar-refractivity contribution < 1.29 is 0 Å². The van der Waals surface area contributed by atoms with E-state index in [-0.39, 0.29) is 0 Å². The van der Waals surface area contributed by atoms with Gasteiger partial charge in [-0.3, -0.25) is 0 Å². The molecule has 1 heterocycles. The normalized spacial score (nSPS) is 22.0. The maximum Gasteiger partial charge on any atom is 0.0487 e. The van der Waals surface area contributed by atoms with Crippen LogP contribution < -0.4 is 11.1 Å². The van der Waals surface area contributed by atoms with Gasteiger partial charge in [0.25, 0.3) is 0 Å².